The molecule has 0 aromatic heterocycles. The van der Waals surface area contributed by atoms with E-state index in [1.54, 1.807) is 18.2 Å². The second-order valence-electron chi connectivity index (χ2n) is 4.61. The molecule has 21 heavy (non-hydrogen) atoms. The minimum absolute atomic E-state index is 0.227. The molecule has 110 valence electrons. The SMILES string of the molecule is CCOc1cc(N)cc(C(=O)Nc2cccc(C)c2Br)c1. The van der Waals surface area contributed by atoms with E-state index in [9.17, 15) is 4.79 Å². The van der Waals surface area contributed by atoms with Crippen molar-refractivity contribution in [3.8, 4) is 5.75 Å². The van der Waals surface area contributed by atoms with Gasteiger partial charge in [-0.2, -0.15) is 0 Å². The third-order valence-electron chi connectivity index (χ3n) is 2.94. The van der Waals surface area contributed by atoms with Gasteiger partial charge in [0.2, 0.25) is 0 Å². The van der Waals surface area contributed by atoms with Gasteiger partial charge < -0.3 is 15.8 Å². The van der Waals surface area contributed by atoms with Crippen LogP contribution in [0.4, 0.5) is 11.4 Å². The number of carbonyl (C=O) groups is 1. The number of benzene rings is 2. The number of aryl methyl sites for hydroxylation is 1. The van der Waals surface area contributed by atoms with Crippen molar-refractivity contribution in [1.29, 1.82) is 0 Å². The smallest absolute Gasteiger partial charge is 0.255 e. The van der Waals surface area contributed by atoms with Gasteiger partial charge in [-0.3, -0.25) is 4.79 Å². The molecule has 1 amide bonds. The van der Waals surface area contributed by atoms with Crippen molar-refractivity contribution in [2.24, 2.45) is 0 Å². The predicted molar refractivity (Wildman–Crippen MR) is 88.9 cm³/mol. The van der Waals surface area contributed by atoms with Crippen LogP contribution < -0.4 is 15.8 Å². The molecule has 0 saturated carbocycles. The van der Waals surface area contributed by atoms with Crippen LogP contribution in [0.3, 0.4) is 0 Å². The first-order valence-electron chi connectivity index (χ1n) is 6.61. The molecule has 0 fully saturated rings. The number of nitrogens with one attached hydrogen (secondary N) is 1. The Bertz CT molecular complexity index is 671. The number of amides is 1. The minimum atomic E-state index is -0.227. The Balaban J connectivity index is 2.26. The highest BCUT2D eigenvalue weighted by Crippen LogP contribution is 2.27. The van der Waals surface area contributed by atoms with Crippen molar-refractivity contribution < 1.29 is 9.53 Å². The normalized spacial score (nSPS) is 10.2. The van der Waals surface area contributed by atoms with Gasteiger partial charge in [-0.05, 0) is 53.5 Å². The van der Waals surface area contributed by atoms with Crippen molar-refractivity contribution in [2.75, 3.05) is 17.7 Å². The molecule has 0 saturated heterocycles. The van der Waals surface area contributed by atoms with Gasteiger partial charge in [0.25, 0.3) is 5.91 Å². The summed E-state index contributed by atoms with van der Waals surface area (Å²) in [5.74, 6) is 0.362. The zero-order valence-corrected chi connectivity index (χ0v) is 13.5. The number of halogens is 1. The summed E-state index contributed by atoms with van der Waals surface area (Å²) in [5, 5.41) is 2.87. The monoisotopic (exact) mass is 348 g/mol. The van der Waals surface area contributed by atoms with Gasteiger partial charge in [-0.1, -0.05) is 12.1 Å². The molecule has 0 heterocycles. The van der Waals surface area contributed by atoms with E-state index in [4.69, 9.17) is 10.5 Å². The Morgan fingerprint density at radius 3 is 2.81 bits per heavy atom. The van der Waals surface area contributed by atoms with E-state index in [-0.39, 0.29) is 5.91 Å². The van der Waals surface area contributed by atoms with Gasteiger partial charge in [0, 0.05) is 21.8 Å². The second-order valence-corrected chi connectivity index (χ2v) is 5.41. The summed E-state index contributed by atoms with van der Waals surface area (Å²) in [6, 6.07) is 10.7. The quantitative estimate of drug-likeness (QED) is 0.821. The van der Waals surface area contributed by atoms with Crippen molar-refractivity contribution in [2.45, 2.75) is 13.8 Å². The Kier molecular flexibility index (Phi) is 4.85. The largest absolute Gasteiger partial charge is 0.494 e. The molecule has 4 nitrogen and oxygen atoms in total. The summed E-state index contributed by atoms with van der Waals surface area (Å²) in [5.41, 5.74) is 8.54. The number of anilines is 2. The lowest BCUT2D eigenvalue weighted by Gasteiger charge is -2.11. The molecule has 0 aliphatic heterocycles. The van der Waals surface area contributed by atoms with Crippen molar-refractivity contribution in [3.63, 3.8) is 0 Å². The van der Waals surface area contributed by atoms with Crippen LogP contribution in [0.1, 0.15) is 22.8 Å². The van der Waals surface area contributed by atoms with Gasteiger partial charge in [-0.25, -0.2) is 0 Å². The molecule has 2 aromatic rings. The molecule has 0 bridgehead atoms. The van der Waals surface area contributed by atoms with Gasteiger partial charge in [0.05, 0.1) is 12.3 Å². The highest BCUT2D eigenvalue weighted by Gasteiger charge is 2.11. The van der Waals surface area contributed by atoms with Gasteiger partial charge >= 0.3 is 0 Å². The fourth-order valence-electron chi connectivity index (χ4n) is 1.94. The van der Waals surface area contributed by atoms with Crippen molar-refractivity contribution in [1.82, 2.24) is 0 Å². The molecule has 2 aromatic carbocycles. The van der Waals surface area contributed by atoms with Crippen LogP contribution in [0.15, 0.2) is 40.9 Å². The summed E-state index contributed by atoms with van der Waals surface area (Å²) in [6.07, 6.45) is 0. The molecule has 3 N–H and O–H groups in total. The van der Waals surface area contributed by atoms with Crippen LogP contribution in [0, 0.1) is 6.92 Å². The van der Waals surface area contributed by atoms with Crippen LogP contribution in [0.25, 0.3) is 0 Å². The Hall–Kier alpha value is -2.01. The van der Waals surface area contributed by atoms with Gasteiger partial charge in [0.1, 0.15) is 5.75 Å². The zero-order chi connectivity index (χ0) is 15.4. The van der Waals surface area contributed by atoms with Gasteiger partial charge in [-0.15, -0.1) is 0 Å². The second kappa shape index (κ2) is 6.63. The lowest BCUT2D eigenvalue weighted by atomic mass is 10.1. The molecule has 0 aliphatic rings. The van der Waals surface area contributed by atoms with Crippen LogP contribution in [0.2, 0.25) is 0 Å². The van der Waals surface area contributed by atoms with E-state index >= 15 is 0 Å². The molecular weight excluding hydrogens is 332 g/mol. The topological polar surface area (TPSA) is 64.3 Å². The maximum Gasteiger partial charge on any atom is 0.255 e. The Labute approximate surface area is 132 Å². The van der Waals surface area contributed by atoms with Crippen LogP contribution in [-0.2, 0) is 0 Å². The number of nitrogen functional groups attached to an aromatic ring is 1. The fourth-order valence-corrected chi connectivity index (χ4v) is 2.31. The first-order chi connectivity index (χ1) is 10.0. The van der Waals surface area contributed by atoms with Crippen LogP contribution in [-0.4, -0.2) is 12.5 Å². The maximum atomic E-state index is 12.3. The van der Waals surface area contributed by atoms with E-state index in [2.05, 4.69) is 21.2 Å². The first-order valence-corrected chi connectivity index (χ1v) is 7.40. The highest BCUT2D eigenvalue weighted by molar-refractivity contribution is 9.10. The minimum Gasteiger partial charge on any atom is -0.494 e. The molecule has 5 heteroatoms. The lowest BCUT2D eigenvalue weighted by Crippen LogP contribution is -2.13. The Morgan fingerprint density at radius 1 is 1.33 bits per heavy atom. The number of rotatable bonds is 4. The van der Waals surface area contributed by atoms with E-state index in [1.165, 1.54) is 0 Å². The summed E-state index contributed by atoms with van der Waals surface area (Å²) in [4.78, 5) is 12.3. The molecule has 0 radical (unpaired) electrons. The standard InChI is InChI=1S/C16H17BrN2O2/c1-3-21-13-8-11(7-12(18)9-13)16(20)19-14-6-4-5-10(2)15(14)17/h4-9H,3,18H2,1-2H3,(H,19,20). The number of carbonyl (C=O) groups excluding carboxylic acids is 1. The summed E-state index contributed by atoms with van der Waals surface area (Å²) < 4.78 is 6.27. The molecule has 0 spiro atoms. The fraction of sp³-hybridized carbons (Fsp3) is 0.188. The van der Waals surface area contributed by atoms with Crippen molar-refractivity contribution >= 4 is 33.2 Å². The van der Waals surface area contributed by atoms with Crippen LogP contribution in [0.5, 0.6) is 5.75 Å². The molecule has 0 atom stereocenters. The number of ether oxygens (including phenoxy) is 1. The third kappa shape index (κ3) is 3.76. The van der Waals surface area contributed by atoms with E-state index in [0.29, 0.717) is 23.6 Å². The number of hydrogen-bond donors (Lipinski definition) is 2. The highest BCUT2D eigenvalue weighted by atomic mass is 79.9. The summed E-state index contributed by atoms with van der Waals surface area (Å²) >= 11 is 3.47. The summed E-state index contributed by atoms with van der Waals surface area (Å²) in [7, 11) is 0. The number of nitrogens with two attached hydrogens (primary N) is 1. The Morgan fingerprint density at radius 2 is 2.10 bits per heavy atom. The van der Waals surface area contributed by atoms with Gasteiger partial charge in [0.15, 0.2) is 0 Å². The lowest BCUT2D eigenvalue weighted by molar-refractivity contribution is 0.102. The first kappa shape index (κ1) is 15.4. The van der Waals surface area contributed by atoms with Crippen LogP contribution >= 0.6 is 15.9 Å². The van der Waals surface area contributed by atoms with E-state index in [1.807, 2.05) is 32.0 Å². The molecule has 0 unspecified atom stereocenters. The molecule has 0 aliphatic carbocycles. The average Bonchev–Trinajstić information content (AvgIpc) is 2.43. The number of hydrogen-bond acceptors (Lipinski definition) is 3. The van der Waals surface area contributed by atoms with E-state index < -0.39 is 0 Å². The summed E-state index contributed by atoms with van der Waals surface area (Å²) in [6.45, 7) is 4.37. The molecular formula is C16H17BrN2O2. The average molecular weight is 349 g/mol. The third-order valence-corrected chi connectivity index (χ3v) is 3.99. The zero-order valence-electron chi connectivity index (χ0n) is 11.9. The molecule has 2 rings (SSSR count). The predicted octanol–water partition coefficient (Wildman–Crippen LogP) is 3.99. The maximum absolute atomic E-state index is 12.3. The van der Waals surface area contributed by atoms with E-state index in [0.717, 1.165) is 15.7 Å². The van der Waals surface area contributed by atoms with Crippen molar-refractivity contribution in [3.05, 3.63) is 52.0 Å².